The second kappa shape index (κ2) is 5.36. The van der Waals surface area contributed by atoms with E-state index in [4.69, 9.17) is 5.73 Å². The van der Waals surface area contributed by atoms with Gasteiger partial charge in [-0.25, -0.2) is 13.1 Å². The average Bonchev–Trinajstić information content (AvgIpc) is 2.69. The molecule has 2 rings (SSSR count). The van der Waals surface area contributed by atoms with Crippen molar-refractivity contribution in [2.24, 2.45) is 5.73 Å². The molecule has 96 valence electrons. The molecule has 0 spiro atoms. The van der Waals surface area contributed by atoms with Crippen molar-refractivity contribution in [1.82, 2.24) is 4.72 Å². The summed E-state index contributed by atoms with van der Waals surface area (Å²) in [4.78, 5) is 0. The van der Waals surface area contributed by atoms with Gasteiger partial charge in [0.15, 0.2) is 0 Å². The van der Waals surface area contributed by atoms with Crippen LogP contribution in [0.5, 0.6) is 0 Å². The van der Waals surface area contributed by atoms with Gasteiger partial charge in [0.2, 0.25) is 10.0 Å². The lowest BCUT2D eigenvalue weighted by atomic mass is 9.92. The van der Waals surface area contributed by atoms with Crippen molar-refractivity contribution in [3.05, 3.63) is 15.9 Å². The molecule has 1 heterocycles. The monoisotopic (exact) mass is 338 g/mol. The van der Waals surface area contributed by atoms with Gasteiger partial charge in [-0.05, 0) is 40.9 Å². The summed E-state index contributed by atoms with van der Waals surface area (Å²) in [5.74, 6) is 0. The zero-order valence-corrected chi connectivity index (χ0v) is 12.4. The van der Waals surface area contributed by atoms with E-state index in [1.54, 1.807) is 12.1 Å². The van der Waals surface area contributed by atoms with Crippen LogP contribution in [0.25, 0.3) is 0 Å². The Bertz CT molecular complexity index is 486. The highest BCUT2D eigenvalue weighted by Gasteiger charge is 2.27. The topological polar surface area (TPSA) is 72.2 Å². The van der Waals surface area contributed by atoms with Gasteiger partial charge in [0.05, 0.1) is 3.79 Å². The number of nitrogens with one attached hydrogen (secondary N) is 1. The minimum atomic E-state index is -3.41. The van der Waals surface area contributed by atoms with Crippen molar-refractivity contribution in [2.45, 2.75) is 42.0 Å². The molecule has 1 aliphatic rings. The number of halogens is 1. The van der Waals surface area contributed by atoms with Crippen LogP contribution >= 0.6 is 27.3 Å². The maximum Gasteiger partial charge on any atom is 0.250 e. The Balaban J connectivity index is 2.11. The maximum atomic E-state index is 12.1. The van der Waals surface area contributed by atoms with E-state index in [1.165, 1.54) is 11.3 Å². The molecule has 1 aromatic heterocycles. The van der Waals surface area contributed by atoms with Crippen molar-refractivity contribution in [1.29, 1.82) is 0 Å². The van der Waals surface area contributed by atoms with Crippen LogP contribution in [-0.2, 0) is 10.0 Å². The molecule has 0 saturated heterocycles. The van der Waals surface area contributed by atoms with Gasteiger partial charge in [-0.1, -0.05) is 12.8 Å². The van der Waals surface area contributed by atoms with Crippen LogP contribution in [0.1, 0.15) is 25.7 Å². The molecule has 2 unspecified atom stereocenters. The number of nitrogens with two attached hydrogens (primary N) is 1. The molecule has 0 radical (unpaired) electrons. The maximum absolute atomic E-state index is 12.1. The van der Waals surface area contributed by atoms with E-state index in [-0.39, 0.29) is 12.1 Å². The number of sulfonamides is 1. The summed E-state index contributed by atoms with van der Waals surface area (Å²) in [5.41, 5.74) is 5.94. The van der Waals surface area contributed by atoms with Crippen LogP contribution < -0.4 is 10.5 Å². The predicted octanol–water partition coefficient (Wildman–Crippen LogP) is 2.06. The molecule has 1 aliphatic carbocycles. The Kier molecular flexibility index (Phi) is 4.25. The lowest BCUT2D eigenvalue weighted by Gasteiger charge is -2.28. The standard InChI is InChI=1S/C10H15BrN2O2S2/c11-9-5-6-10(16-9)17(14,15)13-8-4-2-1-3-7(8)12/h5-8,13H,1-4,12H2. The second-order valence-corrected chi connectivity index (χ2v) is 8.64. The van der Waals surface area contributed by atoms with E-state index in [2.05, 4.69) is 20.7 Å². The fraction of sp³-hybridized carbons (Fsp3) is 0.600. The van der Waals surface area contributed by atoms with Crippen LogP contribution in [-0.4, -0.2) is 20.5 Å². The van der Waals surface area contributed by atoms with Crippen molar-refractivity contribution in [3.8, 4) is 0 Å². The summed E-state index contributed by atoms with van der Waals surface area (Å²) in [6.07, 6.45) is 3.84. The van der Waals surface area contributed by atoms with Gasteiger partial charge in [0, 0.05) is 12.1 Å². The summed E-state index contributed by atoms with van der Waals surface area (Å²) < 4.78 is 28.0. The Labute approximate surface area is 114 Å². The third-order valence-corrected chi connectivity index (χ3v) is 6.54. The minimum Gasteiger partial charge on any atom is -0.326 e. The summed E-state index contributed by atoms with van der Waals surface area (Å²) >= 11 is 4.47. The molecule has 1 aromatic rings. The van der Waals surface area contributed by atoms with Gasteiger partial charge in [0.1, 0.15) is 4.21 Å². The van der Waals surface area contributed by atoms with Crippen LogP contribution in [0.4, 0.5) is 0 Å². The zero-order valence-electron chi connectivity index (χ0n) is 9.23. The first-order valence-corrected chi connectivity index (χ1v) is 8.61. The lowest BCUT2D eigenvalue weighted by Crippen LogP contribution is -2.49. The minimum absolute atomic E-state index is 0.0677. The Morgan fingerprint density at radius 3 is 2.65 bits per heavy atom. The Hall–Kier alpha value is 0.0500. The lowest BCUT2D eigenvalue weighted by molar-refractivity contribution is 0.361. The summed E-state index contributed by atoms with van der Waals surface area (Å²) in [6, 6.07) is 3.14. The summed E-state index contributed by atoms with van der Waals surface area (Å²) in [5, 5.41) is 0. The van der Waals surface area contributed by atoms with Crippen LogP contribution in [0, 0.1) is 0 Å². The smallest absolute Gasteiger partial charge is 0.250 e. The molecule has 0 amide bonds. The normalized spacial score (nSPS) is 26.0. The van der Waals surface area contributed by atoms with Crippen molar-refractivity contribution >= 4 is 37.3 Å². The van der Waals surface area contributed by atoms with Gasteiger partial charge in [-0.15, -0.1) is 11.3 Å². The number of hydrogen-bond acceptors (Lipinski definition) is 4. The molecule has 2 atom stereocenters. The summed E-state index contributed by atoms with van der Waals surface area (Å²) in [6.45, 7) is 0. The van der Waals surface area contributed by atoms with Gasteiger partial charge >= 0.3 is 0 Å². The van der Waals surface area contributed by atoms with E-state index in [0.717, 1.165) is 29.5 Å². The first kappa shape index (κ1) is 13.5. The average molecular weight is 339 g/mol. The molecule has 0 bridgehead atoms. The third-order valence-electron chi connectivity index (χ3n) is 2.94. The van der Waals surface area contributed by atoms with Gasteiger partial charge in [-0.2, -0.15) is 0 Å². The van der Waals surface area contributed by atoms with E-state index in [9.17, 15) is 8.42 Å². The van der Waals surface area contributed by atoms with E-state index >= 15 is 0 Å². The quantitative estimate of drug-likeness (QED) is 0.885. The number of hydrogen-bond donors (Lipinski definition) is 2. The molecular formula is C10H15BrN2O2S2. The van der Waals surface area contributed by atoms with Gasteiger partial charge in [0.25, 0.3) is 0 Å². The molecule has 7 heteroatoms. The van der Waals surface area contributed by atoms with Crippen LogP contribution in [0.3, 0.4) is 0 Å². The molecule has 0 aliphatic heterocycles. The van der Waals surface area contributed by atoms with Crippen LogP contribution in [0.2, 0.25) is 0 Å². The first-order valence-electron chi connectivity index (χ1n) is 5.52. The highest BCUT2D eigenvalue weighted by Crippen LogP contribution is 2.27. The third kappa shape index (κ3) is 3.29. The molecule has 4 nitrogen and oxygen atoms in total. The number of rotatable bonds is 3. The molecule has 1 saturated carbocycles. The zero-order chi connectivity index (χ0) is 12.5. The highest BCUT2D eigenvalue weighted by molar-refractivity contribution is 9.11. The first-order chi connectivity index (χ1) is 7.99. The fourth-order valence-electron chi connectivity index (χ4n) is 2.01. The van der Waals surface area contributed by atoms with Crippen molar-refractivity contribution in [2.75, 3.05) is 0 Å². The second-order valence-electron chi connectivity index (χ2n) is 4.23. The van der Waals surface area contributed by atoms with Gasteiger partial charge in [-0.3, -0.25) is 0 Å². The Morgan fingerprint density at radius 2 is 2.06 bits per heavy atom. The van der Waals surface area contributed by atoms with Crippen molar-refractivity contribution < 1.29 is 8.42 Å². The SMILES string of the molecule is NC1CCCCC1NS(=O)(=O)c1ccc(Br)s1. The largest absolute Gasteiger partial charge is 0.326 e. The van der Waals surface area contributed by atoms with Crippen molar-refractivity contribution in [3.63, 3.8) is 0 Å². The molecule has 17 heavy (non-hydrogen) atoms. The van der Waals surface area contributed by atoms with Gasteiger partial charge < -0.3 is 5.73 Å². The molecule has 1 fully saturated rings. The number of thiophene rings is 1. The van der Waals surface area contributed by atoms with E-state index in [1.807, 2.05) is 0 Å². The Morgan fingerprint density at radius 1 is 1.35 bits per heavy atom. The summed E-state index contributed by atoms with van der Waals surface area (Å²) in [7, 11) is -3.41. The van der Waals surface area contributed by atoms with E-state index < -0.39 is 10.0 Å². The molecule has 3 N–H and O–H groups in total. The highest BCUT2D eigenvalue weighted by atomic mass is 79.9. The fourth-order valence-corrected chi connectivity index (χ4v) is 5.35. The van der Waals surface area contributed by atoms with Crippen LogP contribution in [0.15, 0.2) is 20.1 Å². The van der Waals surface area contributed by atoms with E-state index in [0.29, 0.717) is 4.21 Å². The predicted molar refractivity (Wildman–Crippen MR) is 72.6 cm³/mol. The molecule has 0 aromatic carbocycles. The molecular weight excluding hydrogens is 324 g/mol.